The highest BCUT2D eigenvalue weighted by Gasteiger charge is 2.22. The third-order valence-electron chi connectivity index (χ3n) is 7.24. The molecule has 4 aromatic rings. The van der Waals surface area contributed by atoms with E-state index in [0.717, 1.165) is 86.1 Å². The number of benzene rings is 3. The van der Waals surface area contributed by atoms with Gasteiger partial charge in [0.15, 0.2) is 23.3 Å². The fraction of sp³-hybridized carbons (Fsp3) is 0.310. The maximum Gasteiger partial charge on any atom is 0.161 e. The molecule has 6 rings (SSSR count). The lowest BCUT2D eigenvalue weighted by Crippen LogP contribution is -2.46. The molecule has 2 saturated heterocycles. The average Bonchev–Trinajstić information content (AvgIpc) is 2.97. The third-order valence-corrected chi connectivity index (χ3v) is 7.24. The molecule has 3 aromatic carbocycles. The van der Waals surface area contributed by atoms with Crippen molar-refractivity contribution in [2.45, 2.75) is 6.54 Å². The Hall–Kier alpha value is -3.82. The van der Waals surface area contributed by atoms with Gasteiger partial charge in [-0.05, 0) is 42.0 Å². The van der Waals surface area contributed by atoms with Gasteiger partial charge in [-0.1, -0.05) is 30.3 Å². The standard InChI is InChI=1S/C29H30F2N6O/c30-26-10-5-21(19-27(26)31)20-35-11-13-37(14-12-35)29-25-4-2-1-3-24(25)28(33-34-29)32-22-6-8-23(9-7-22)36-15-17-38-18-16-36/h1-10,19H,11-18,20H2,(H,32,33). The van der Waals surface area contributed by atoms with Gasteiger partial charge < -0.3 is 19.9 Å². The van der Waals surface area contributed by atoms with E-state index in [9.17, 15) is 8.78 Å². The van der Waals surface area contributed by atoms with Crippen molar-refractivity contribution in [1.29, 1.82) is 0 Å². The van der Waals surface area contributed by atoms with E-state index >= 15 is 0 Å². The zero-order chi connectivity index (χ0) is 25.9. The van der Waals surface area contributed by atoms with Crippen molar-refractivity contribution in [1.82, 2.24) is 15.1 Å². The minimum Gasteiger partial charge on any atom is -0.378 e. The molecule has 1 N–H and O–H groups in total. The summed E-state index contributed by atoms with van der Waals surface area (Å²) in [7, 11) is 0. The van der Waals surface area contributed by atoms with Gasteiger partial charge in [0, 0.05) is 68.0 Å². The lowest BCUT2D eigenvalue weighted by Gasteiger charge is -2.35. The highest BCUT2D eigenvalue weighted by atomic mass is 19.2. The quantitative estimate of drug-likeness (QED) is 0.395. The van der Waals surface area contributed by atoms with E-state index in [1.807, 2.05) is 12.1 Å². The van der Waals surface area contributed by atoms with Gasteiger partial charge in [0.2, 0.25) is 0 Å². The molecule has 7 nitrogen and oxygen atoms in total. The van der Waals surface area contributed by atoms with Gasteiger partial charge >= 0.3 is 0 Å². The van der Waals surface area contributed by atoms with Gasteiger partial charge in [0.05, 0.1) is 13.2 Å². The van der Waals surface area contributed by atoms with Crippen molar-refractivity contribution in [2.24, 2.45) is 0 Å². The highest BCUT2D eigenvalue weighted by Crippen LogP contribution is 2.31. The lowest BCUT2D eigenvalue weighted by atomic mass is 10.1. The number of halogens is 2. The molecule has 0 amide bonds. The predicted octanol–water partition coefficient (Wildman–Crippen LogP) is 4.81. The molecule has 1 aromatic heterocycles. The van der Waals surface area contributed by atoms with E-state index in [2.05, 4.69) is 66.6 Å². The van der Waals surface area contributed by atoms with Crippen LogP contribution >= 0.6 is 0 Å². The highest BCUT2D eigenvalue weighted by molar-refractivity contribution is 5.99. The van der Waals surface area contributed by atoms with Crippen LogP contribution in [0.25, 0.3) is 10.8 Å². The minimum atomic E-state index is -0.813. The number of ether oxygens (including phenoxy) is 1. The SMILES string of the molecule is Fc1ccc(CN2CCN(c3nnc(Nc4ccc(N5CCOCC5)cc4)c4ccccc34)CC2)cc1F. The van der Waals surface area contributed by atoms with Crippen LogP contribution in [-0.2, 0) is 11.3 Å². The largest absolute Gasteiger partial charge is 0.378 e. The van der Waals surface area contributed by atoms with Crippen LogP contribution in [0.3, 0.4) is 0 Å². The number of fused-ring (bicyclic) bond motifs is 1. The molecular formula is C29H30F2N6O. The van der Waals surface area contributed by atoms with Crippen LogP contribution < -0.4 is 15.1 Å². The van der Waals surface area contributed by atoms with E-state index in [0.29, 0.717) is 6.54 Å². The number of hydrogen-bond donors (Lipinski definition) is 1. The summed E-state index contributed by atoms with van der Waals surface area (Å²) in [6.07, 6.45) is 0. The number of piperazine rings is 1. The lowest BCUT2D eigenvalue weighted by molar-refractivity contribution is 0.122. The molecule has 0 unspecified atom stereocenters. The van der Waals surface area contributed by atoms with Gasteiger partial charge in [-0.3, -0.25) is 4.90 Å². The molecule has 2 aliphatic rings. The summed E-state index contributed by atoms with van der Waals surface area (Å²) >= 11 is 0. The van der Waals surface area contributed by atoms with Crippen LogP contribution in [0, 0.1) is 11.6 Å². The fourth-order valence-corrected chi connectivity index (χ4v) is 5.14. The van der Waals surface area contributed by atoms with Crippen LogP contribution in [0.15, 0.2) is 66.7 Å². The molecular weight excluding hydrogens is 486 g/mol. The van der Waals surface area contributed by atoms with Gasteiger partial charge in [-0.25, -0.2) is 8.78 Å². The maximum atomic E-state index is 13.6. The Morgan fingerprint density at radius 2 is 1.47 bits per heavy atom. The Morgan fingerprint density at radius 1 is 0.737 bits per heavy atom. The molecule has 3 heterocycles. The van der Waals surface area contributed by atoms with Crippen molar-refractivity contribution in [2.75, 3.05) is 67.6 Å². The van der Waals surface area contributed by atoms with E-state index in [1.165, 1.54) is 17.8 Å². The summed E-state index contributed by atoms with van der Waals surface area (Å²) in [6, 6.07) is 20.7. The first-order chi connectivity index (χ1) is 18.6. The number of aromatic nitrogens is 2. The normalized spacial score (nSPS) is 16.7. The first-order valence-corrected chi connectivity index (χ1v) is 13.0. The summed E-state index contributed by atoms with van der Waals surface area (Å²) in [4.78, 5) is 6.82. The summed E-state index contributed by atoms with van der Waals surface area (Å²) in [6.45, 7) is 7.07. The average molecular weight is 517 g/mol. The Bertz CT molecular complexity index is 1400. The Labute approximate surface area is 220 Å². The van der Waals surface area contributed by atoms with Crippen LogP contribution in [0.1, 0.15) is 5.56 Å². The van der Waals surface area contributed by atoms with E-state index in [1.54, 1.807) is 6.07 Å². The molecule has 2 aliphatic heterocycles. The molecule has 9 heteroatoms. The number of hydrogen-bond acceptors (Lipinski definition) is 7. The monoisotopic (exact) mass is 516 g/mol. The zero-order valence-electron chi connectivity index (χ0n) is 21.1. The molecule has 0 spiro atoms. The number of morpholine rings is 1. The number of anilines is 4. The summed E-state index contributed by atoms with van der Waals surface area (Å²) in [5.41, 5.74) is 2.92. The van der Waals surface area contributed by atoms with E-state index in [-0.39, 0.29) is 0 Å². The molecule has 0 bridgehead atoms. The molecule has 0 radical (unpaired) electrons. The minimum absolute atomic E-state index is 0.588. The molecule has 0 atom stereocenters. The van der Waals surface area contributed by atoms with Gasteiger partial charge in [0.25, 0.3) is 0 Å². The topological polar surface area (TPSA) is 56.8 Å². The molecule has 0 saturated carbocycles. The Kier molecular flexibility index (Phi) is 7.02. The summed E-state index contributed by atoms with van der Waals surface area (Å²) in [5, 5.41) is 14.7. The van der Waals surface area contributed by atoms with Crippen molar-refractivity contribution in [3.05, 3.63) is 83.9 Å². The summed E-state index contributed by atoms with van der Waals surface area (Å²) in [5.74, 6) is -0.0293. The van der Waals surface area contributed by atoms with Crippen molar-refractivity contribution in [3.63, 3.8) is 0 Å². The molecule has 196 valence electrons. The van der Waals surface area contributed by atoms with Crippen molar-refractivity contribution in [3.8, 4) is 0 Å². The number of nitrogens with zero attached hydrogens (tertiary/aromatic N) is 5. The van der Waals surface area contributed by atoms with Crippen LogP contribution in [0.4, 0.5) is 31.8 Å². The van der Waals surface area contributed by atoms with Gasteiger partial charge in [-0.15, -0.1) is 10.2 Å². The van der Waals surface area contributed by atoms with Gasteiger partial charge in [0.1, 0.15) is 0 Å². The molecule has 38 heavy (non-hydrogen) atoms. The van der Waals surface area contributed by atoms with Crippen LogP contribution in [-0.4, -0.2) is 67.6 Å². The maximum absolute atomic E-state index is 13.6. The fourth-order valence-electron chi connectivity index (χ4n) is 5.14. The second-order valence-electron chi connectivity index (χ2n) is 9.70. The van der Waals surface area contributed by atoms with Gasteiger partial charge in [-0.2, -0.15) is 0 Å². The molecule has 0 aliphatic carbocycles. The smallest absolute Gasteiger partial charge is 0.161 e. The summed E-state index contributed by atoms with van der Waals surface area (Å²) < 4.78 is 32.3. The Morgan fingerprint density at radius 3 is 2.21 bits per heavy atom. The zero-order valence-corrected chi connectivity index (χ0v) is 21.1. The van der Waals surface area contributed by atoms with Crippen LogP contribution in [0.2, 0.25) is 0 Å². The second-order valence-corrected chi connectivity index (χ2v) is 9.70. The van der Waals surface area contributed by atoms with E-state index < -0.39 is 11.6 Å². The van der Waals surface area contributed by atoms with Crippen molar-refractivity contribution >= 4 is 33.8 Å². The number of rotatable bonds is 6. The first kappa shape index (κ1) is 24.5. The third kappa shape index (κ3) is 5.25. The Balaban J connectivity index is 1.15. The molecule has 2 fully saturated rings. The van der Waals surface area contributed by atoms with Crippen LogP contribution in [0.5, 0.6) is 0 Å². The number of nitrogens with one attached hydrogen (secondary N) is 1. The predicted molar refractivity (Wildman–Crippen MR) is 146 cm³/mol. The second kappa shape index (κ2) is 10.9. The van der Waals surface area contributed by atoms with E-state index in [4.69, 9.17) is 4.74 Å². The first-order valence-electron chi connectivity index (χ1n) is 13.0. The van der Waals surface area contributed by atoms with Crippen molar-refractivity contribution < 1.29 is 13.5 Å².